The van der Waals surface area contributed by atoms with Gasteiger partial charge >= 0.3 is 5.97 Å². The topological polar surface area (TPSA) is 46.6 Å². The van der Waals surface area contributed by atoms with E-state index in [0.717, 1.165) is 31.2 Å². The predicted octanol–water partition coefficient (Wildman–Crippen LogP) is 7.64. The minimum atomic E-state index is -2.77. The maximum Gasteiger partial charge on any atom is 0.311 e. The van der Waals surface area contributed by atoms with Crippen LogP contribution in [0.5, 0.6) is 0 Å². The Kier molecular flexibility index (Phi) is 5.79. The van der Waals surface area contributed by atoms with E-state index in [4.69, 9.17) is 16.3 Å². The van der Waals surface area contributed by atoms with Crippen LogP contribution in [-0.4, -0.2) is 35.3 Å². The van der Waals surface area contributed by atoms with Crippen LogP contribution in [0.3, 0.4) is 0 Å². The summed E-state index contributed by atoms with van der Waals surface area (Å²) in [5.41, 5.74) is 0.907. The molecule has 5 aliphatic carbocycles. The average Bonchev–Trinajstić information content (AvgIpc) is 3.13. The molecule has 1 heterocycles. The minimum Gasteiger partial charge on any atom is -0.469 e. The van der Waals surface area contributed by atoms with Crippen LogP contribution in [-0.2, 0) is 19.7 Å². The van der Waals surface area contributed by atoms with Gasteiger partial charge in [-0.05, 0) is 78.5 Å². The number of carbonyl (C=O) groups excluding carboxylic acids is 2. The van der Waals surface area contributed by atoms with Crippen LogP contribution in [0, 0.1) is 28.6 Å². The highest BCUT2D eigenvalue weighted by Gasteiger charge is 2.73. The molecule has 7 rings (SSSR count). The molecule has 4 nitrogen and oxygen atoms in total. The van der Waals surface area contributed by atoms with Crippen molar-refractivity contribution >= 4 is 23.5 Å². The number of esters is 1. The average molecular weight is 560 g/mol. The number of methoxy groups -OCH3 is 1. The smallest absolute Gasteiger partial charge is 0.311 e. The molecule has 2 bridgehead atoms. The number of halogens is 3. The number of hydrogen-bond donors (Lipinski definition) is 0. The standard InChI is InChI=1S/C32H40ClF2NO3/c1-18-9-10-31(20-7-8-21(23(33)13-20)25-26(28(3,4)5)32(25,34)35)14-24(37)36(15-22(31)19(18)2)30-12-11-29(16-30,17-30)27(38)39-6/h7-8,13,15,18-19,25-26H,9-12,14,16-17H2,1-6H3/t18-,19+,25?,26?,29?,30?,31?/m0/s1. The summed E-state index contributed by atoms with van der Waals surface area (Å²) >= 11 is 6.78. The van der Waals surface area contributed by atoms with E-state index in [1.165, 1.54) is 12.7 Å². The van der Waals surface area contributed by atoms with Crippen molar-refractivity contribution in [3.63, 3.8) is 0 Å². The van der Waals surface area contributed by atoms with E-state index in [1.807, 2.05) is 37.8 Å². The zero-order chi connectivity index (χ0) is 28.3. The Morgan fingerprint density at radius 2 is 1.82 bits per heavy atom. The SMILES string of the molecule is COC(=O)C12CCC(N3C=C4[C@H](C)[C@@H](C)CCC4(c4ccc(C5C(C(C)(C)C)C5(F)F)c(Cl)c4)CC3=O)(C1)C2. The molecule has 5 saturated carbocycles. The molecule has 0 radical (unpaired) electrons. The zero-order valence-electron chi connectivity index (χ0n) is 23.9. The van der Waals surface area contributed by atoms with Gasteiger partial charge in [0.1, 0.15) is 0 Å². The lowest BCUT2D eigenvalue weighted by Gasteiger charge is -2.56. The van der Waals surface area contributed by atoms with Gasteiger partial charge in [-0.1, -0.05) is 58.4 Å². The molecule has 0 aromatic heterocycles. The number of fused-ring (bicyclic) bond motifs is 2. The molecule has 6 aliphatic rings. The first-order chi connectivity index (χ1) is 18.1. The van der Waals surface area contributed by atoms with Gasteiger partial charge in [0, 0.05) is 34.5 Å². The molecule has 1 aliphatic heterocycles. The lowest BCUT2D eigenvalue weighted by molar-refractivity contribution is -0.164. The molecule has 0 N–H and O–H groups in total. The third-order valence-electron chi connectivity index (χ3n) is 11.3. The maximum absolute atomic E-state index is 14.9. The number of rotatable bonds is 4. The van der Waals surface area contributed by atoms with E-state index in [2.05, 4.69) is 20.0 Å². The molecule has 1 aromatic carbocycles. The van der Waals surface area contributed by atoms with Gasteiger partial charge in [-0.3, -0.25) is 9.59 Å². The highest BCUT2D eigenvalue weighted by molar-refractivity contribution is 6.31. The van der Waals surface area contributed by atoms with Crippen LogP contribution in [0.2, 0.25) is 5.02 Å². The molecular weight excluding hydrogens is 520 g/mol. The molecular formula is C32H40ClF2NO3. The largest absolute Gasteiger partial charge is 0.469 e. The second-order valence-electron chi connectivity index (χ2n) is 14.5. The quantitative estimate of drug-likeness (QED) is 0.356. The third-order valence-corrected chi connectivity index (χ3v) is 11.6. The van der Waals surface area contributed by atoms with E-state index in [9.17, 15) is 18.4 Å². The number of alkyl halides is 2. The molecule has 1 amide bonds. The first-order valence-corrected chi connectivity index (χ1v) is 14.8. The number of carbonyl (C=O) groups is 2. The predicted molar refractivity (Wildman–Crippen MR) is 147 cm³/mol. The summed E-state index contributed by atoms with van der Waals surface area (Å²) in [5, 5.41) is 0.370. The summed E-state index contributed by atoms with van der Waals surface area (Å²) in [6.07, 6.45) is 7.11. The number of amides is 1. The van der Waals surface area contributed by atoms with E-state index >= 15 is 0 Å². The zero-order valence-corrected chi connectivity index (χ0v) is 24.6. The number of allylic oxidation sites excluding steroid dienone is 1. The van der Waals surface area contributed by atoms with Crippen molar-refractivity contribution in [2.45, 2.75) is 102 Å². The summed E-state index contributed by atoms with van der Waals surface area (Å²) in [4.78, 5) is 28.3. The van der Waals surface area contributed by atoms with Crippen molar-refractivity contribution in [3.8, 4) is 0 Å². The highest BCUT2D eigenvalue weighted by Crippen LogP contribution is 2.69. The molecule has 3 unspecified atom stereocenters. The molecule has 7 heteroatoms. The van der Waals surface area contributed by atoms with E-state index in [1.54, 1.807) is 6.07 Å². The molecule has 1 aromatic rings. The number of benzene rings is 1. The Morgan fingerprint density at radius 3 is 2.41 bits per heavy atom. The lowest BCUT2D eigenvalue weighted by Crippen LogP contribution is -2.61. The summed E-state index contributed by atoms with van der Waals surface area (Å²) in [6, 6.07) is 5.61. The normalized spacial score (nSPS) is 40.5. The van der Waals surface area contributed by atoms with Crippen LogP contribution in [0.1, 0.15) is 96.6 Å². The Hall–Kier alpha value is -1.95. The summed E-state index contributed by atoms with van der Waals surface area (Å²) in [5.74, 6) is -3.76. The number of ether oxygens (including phenoxy) is 1. The second kappa shape index (κ2) is 8.30. The first kappa shape index (κ1) is 27.2. The van der Waals surface area contributed by atoms with Crippen molar-refractivity contribution in [2.24, 2.45) is 28.6 Å². The molecule has 0 spiro atoms. The van der Waals surface area contributed by atoms with Gasteiger partial charge in [-0.25, -0.2) is 8.78 Å². The Bertz CT molecular complexity index is 1280. The molecule has 212 valence electrons. The van der Waals surface area contributed by atoms with Gasteiger partial charge in [0.2, 0.25) is 5.91 Å². The van der Waals surface area contributed by atoms with E-state index < -0.39 is 34.0 Å². The number of nitrogens with zero attached hydrogens (tertiary/aromatic N) is 1. The van der Waals surface area contributed by atoms with Gasteiger partial charge < -0.3 is 9.64 Å². The van der Waals surface area contributed by atoms with Crippen LogP contribution in [0.15, 0.2) is 30.0 Å². The van der Waals surface area contributed by atoms with Gasteiger partial charge in [-0.2, -0.15) is 0 Å². The van der Waals surface area contributed by atoms with Gasteiger partial charge in [0.05, 0.1) is 18.4 Å². The van der Waals surface area contributed by atoms with Crippen LogP contribution < -0.4 is 0 Å². The summed E-state index contributed by atoms with van der Waals surface area (Å²) in [7, 11) is 1.44. The summed E-state index contributed by atoms with van der Waals surface area (Å²) < 4.78 is 34.8. The fourth-order valence-electron chi connectivity index (χ4n) is 9.07. The van der Waals surface area contributed by atoms with Gasteiger partial charge in [-0.15, -0.1) is 0 Å². The van der Waals surface area contributed by atoms with Crippen molar-refractivity contribution in [1.82, 2.24) is 4.90 Å². The van der Waals surface area contributed by atoms with Gasteiger partial charge in [0.25, 0.3) is 5.92 Å². The van der Waals surface area contributed by atoms with Crippen LogP contribution >= 0.6 is 11.6 Å². The first-order valence-electron chi connectivity index (χ1n) is 14.4. The van der Waals surface area contributed by atoms with Crippen LogP contribution in [0.25, 0.3) is 0 Å². The molecule has 5 atom stereocenters. The van der Waals surface area contributed by atoms with E-state index in [0.29, 0.717) is 35.8 Å². The maximum atomic E-state index is 14.9. The summed E-state index contributed by atoms with van der Waals surface area (Å²) in [6.45, 7) is 10.1. The highest BCUT2D eigenvalue weighted by atomic mass is 35.5. The van der Waals surface area contributed by atoms with Crippen LogP contribution in [0.4, 0.5) is 8.78 Å². The van der Waals surface area contributed by atoms with Gasteiger partial charge in [0.15, 0.2) is 0 Å². The van der Waals surface area contributed by atoms with Crippen molar-refractivity contribution in [3.05, 3.63) is 46.1 Å². The minimum absolute atomic E-state index is 0.0718. The van der Waals surface area contributed by atoms with Crippen molar-refractivity contribution in [1.29, 1.82) is 0 Å². The van der Waals surface area contributed by atoms with Crippen molar-refractivity contribution in [2.75, 3.05) is 7.11 Å². The molecule has 0 saturated heterocycles. The fourth-order valence-corrected chi connectivity index (χ4v) is 9.36. The Balaban J connectivity index is 1.36. The molecule has 39 heavy (non-hydrogen) atoms. The second-order valence-corrected chi connectivity index (χ2v) is 14.9. The number of hydrogen-bond acceptors (Lipinski definition) is 3. The third kappa shape index (κ3) is 3.65. The monoisotopic (exact) mass is 559 g/mol. The fraction of sp³-hybridized carbons (Fsp3) is 0.688. The Morgan fingerprint density at radius 1 is 1.13 bits per heavy atom. The lowest BCUT2D eigenvalue weighted by atomic mass is 9.56. The van der Waals surface area contributed by atoms with E-state index in [-0.39, 0.29) is 23.3 Å². The molecule has 5 fully saturated rings. The Labute approximate surface area is 235 Å². The van der Waals surface area contributed by atoms with Crippen molar-refractivity contribution < 1.29 is 23.1 Å².